The number of carboxylic acid groups (broad SMARTS) is 1. The van der Waals surface area contributed by atoms with Crippen LogP contribution >= 0.6 is 0 Å². The maximum absolute atomic E-state index is 12.0. The van der Waals surface area contributed by atoms with E-state index in [1.165, 1.54) is 4.90 Å². The molecule has 0 bridgehead atoms. The van der Waals surface area contributed by atoms with Crippen LogP contribution in [0, 0.1) is 5.41 Å². The molecule has 1 atom stereocenters. The molecule has 0 aromatic carbocycles. The summed E-state index contributed by atoms with van der Waals surface area (Å²) < 4.78 is 0. The van der Waals surface area contributed by atoms with Crippen molar-refractivity contribution in [2.24, 2.45) is 5.41 Å². The van der Waals surface area contributed by atoms with Crippen molar-refractivity contribution in [2.45, 2.75) is 52.0 Å². The second-order valence-corrected chi connectivity index (χ2v) is 6.26. The van der Waals surface area contributed by atoms with Gasteiger partial charge in [-0.1, -0.05) is 13.8 Å². The zero-order valence-electron chi connectivity index (χ0n) is 12.7. The van der Waals surface area contributed by atoms with Crippen molar-refractivity contribution in [3.63, 3.8) is 0 Å². The third-order valence-corrected chi connectivity index (χ3v) is 4.05. The fourth-order valence-electron chi connectivity index (χ4n) is 2.34. The molecule has 0 saturated carbocycles. The number of unbranched alkanes of at least 4 members (excludes halogenated alkanes) is 1. The van der Waals surface area contributed by atoms with E-state index < -0.39 is 16.9 Å². The zero-order valence-corrected chi connectivity index (χ0v) is 12.7. The third-order valence-electron chi connectivity index (χ3n) is 4.05. The van der Waals surface area contributed by atoms with Crippen LogP contribution in [0.15, 0.2) is 0 Å². The van der Waals surface area contributed by atoms with Crippen LogP contribution in [0.25, 0.3) is 0 Å². The fourth-order valence-corrected chi connectivity index (χ4v) is 2.34. The summed E-state index contributed by atoms with van der Waals surface area (Å²) in [5.74, 6) is -1.15. The van der Waals surface area contributed by atoms with E-state index in [-0.39, 0.29) is 18.2 Å². The minimum Gasteiger partial charge on any atom is -0.480 e. The van der Waals surface area contributed by atoms with Crippen molar-refractivity contribution < 1.29 is 19.5 Å². The monoisotopic (exact) mass is 284 g/mol. The minimum atomic E-state index is -0.960. The molecule has 2 N–H and O–H groups in total. The van der Waals surface area contributed by atoms with E-state index in [1.807, 2.05) is 0 Å². The van der Waals surface area contributed by atoms with Gasteiger partial charge in [0.05, 0.1) is 5.41 Å². The Balaban J connectivity index is 2.44. The van der Waals surface area contributed by atoms with Crippen LogP contribution in [0.5, 0.6) is 0 Å². The number of rotatable bonds is 7. The first kappa shape index (κ1) is 16.6. The van der Waals surface area contributed by atoms with Crippen LogP contribution in [0.3, 0.4) is 0 Å². The highest BCUT2D eigenvalue weighted by Gasteiger charge is 2.44. The molecule has 6 nitrogen and oxygen atoms in total. The Morgan fingerprint density at radius 1 is 1.40 bits per heavy atom. The topological polar surface area (TPSA) is 86.7 Å². The van der Waals surface area contributed by atoms with Crippen LogP contribution < -0.4 is 5.32 Å². The van der Waals surface area contributed by atoms with E-state index in [2.05, 4.69) is 5.32 Å². The number of hydrogen-bond acceptors (Lipinski definition) is 4. The molecule has 0 spiro atoms. The number of carboxylic acids is 1. The van der Waals surface area contributed by atoms with Gasteiger partial charge in [0, 0.05) is 13.0 Å². The summed E-state index contributed by atoms with van der Waals surface area (Å²) in [6.07, 6.45) is 1.98. The van der Waals surface area contributed by atoms with Crippen molar-refractivity contribution >= 4 is 17.8 Å². The van der Waals surface area contributed by atoms with Crippen LogP contribution in [0.4, 0.5) is 0 Å². The molecule has 1 heterocycles. The molecule has 2 amide bonds. The number of nitrogens with one attached hydrogen (secondary N) is 1. The maximum atomic E-state index is 12.0. The Morgan fingerprint density at radius 3 is 2.40 bits per heavy atom. The molecule has 1 unspecified atom stereocenters. The highest BCUT2D eigenvalue weighted by Crippen LogP contribution is 2.31. The van der Waals surface area contributed by atoms with E-state index in [0.29, 0.717) is 25.8 Å². The number of amides is 2. The van der Waals surface area contributed by atoms with E-state index >= 15 is 0 Å². The molecule has 1 fully saturated rings. The van der Waals surface area contributed by atoms with Gasteiger partial charge in [-0.05, 0) is 33.2 Å². The minimum absolute atomic E-state index is 0.128. The summed E-state index contributed by atoms with van der Waals surface area (Å²) >= 11 is 0. The first-order chi connectivity index (χ1) is 9.14. The molecule has 0 radical (unpaired) electrons. The van der Waals surface area contributed by atoms with Crippen LogP contribution in [0.2, 0.25) is 0 Å². The molecular weight excluding hydrogens is 260 g/mol. The first-order valence-electron chi connectivity index (χ1n) is 6.91. The van der Waals surface area contributed by atoms with Gasteiger partial charge in [0.15, 0.2) is 0 Å². The van der Waals surface area contributed by atoms with E-state index in [1.54, 1.807) is 27.8 Å². The summed E-state index contributed by atoms with van der Waals surface area (Å²) in [4.78, 5) is 36.2. The number of hydrogen-bond donors (Lipinski definition) is 2. The molecule has 1 aliphatic heterocycles. The Hall–Kier alpha value is -1.43. The Kier molecular flexibility index (Phi) is 4.91. The van der Waals surface area contributed by atoms with Crippen molar-refractivity contribution in [1.29, 1.82) is 0 Å². The fraction of sp³-hybridized carbons (Fsp3) is 0.786. The van der Waals surface area contributed by atoms with E-state index in [9.17, 15) is 14.4 Å². The number of carbonyl (C=O) groups is 3. The van der Waals surface area contributed by atoms with Crippen molar-refractivity contribution in [1.82, 2.24) is 10.2 Å². The number of imide groups is 1. The lowest BCUT2D eigenvalue weighted by Gasteiger charge is -2.24. The molecule has 0 aromatic rings. The van der Waals surface area contributed by atoms with Crippen molar-refractivity contribution in [2.75, 3.05) is 13.6 Å². The Labute approximate surface area is 119 Å². The average molecular weight is 284 g/mol. The van der Waals surface area contributed by atoms with Crippen molar-refractivity contribution in [3.05, 3.63) is 0 Å². The molecule has 6 heteroatoms. The standard InChI is InChI=1S/C14H24N2O4/c1-13(2)9-10(17)16(11(13)18)8-6-5-7-14(3,15-4)12(19)20/h15H,5-9H2,1-4H3,(H,19,20). The number of carbonyl (C=O) groups excluding carboxylic acids is 2. The average Bonchev–Trinajstić information content (AvgIpc) is 2.55. The quantitative estimate of drug-likeness (QED) is 0.538. The van der Waals surface area contributed by atoms with Gasteiger partial charge in [0.25, 0.3) is 0 Å². The molecule has 1 rings (SSSR count). The lowest BCUT2D eigenvalue weighted by molar-refractivity contribution is -0.145. The van der Waals surface area contributed by atoms with Gasteiger partial charge < -0.3 is 10.4 Å². The lowest BCUT2D eigenvalue weighted by atomic mass is 9.92. The predicted molar refractivity (Wildman–Crippen MR) is 74.1 cm³/mol. The number of likely N-dealkylation sites (N-methyl/N-ethyl adjacent to an activating group) is 1. The van der Waals surface area contributed by atoms with Gasteiger partial charge in [-0.3, -0.25) is 19.3 Å². The summed E-state index contributed by atoms with van der Waals surface area (Å²) in [5.41, 5.74) is -1.56. The highest BCUT2D eigenvalue weighted by molar-refractivity contribution is 6.05. The predicted octanol–water partition coefficient (Wildman–Crippen LogP) is 1.00. The molecule has 114 valence electrons. The summed E-state index contributed by atoms with van der Waals surface area (Å²) in [6, 6.07) is 0. The number of nitrogens with zero attached hydrogens (tertiary/aromatic N) is 1. The number of aliphatic carboxylic acids is 1. The van der Waals surface area contributed by atoms with Gasteiger partial charge in [0.1, 0.15) is 5.54 Å². The molecule has 0 aliphatic carbocycles. The normalized spacial score (nSPS) is 21.1. The molecule has 20 heavy (non-hydrogen) atoms. The van der Waals surface area contributed by atoms with E-state index in [0.717, 1.165) is 0 Å². The van der Waals surface area contributed by atoms with Crippen molar-refractivity contribution in [3.8, 4) is 0 Å². The highest BCUT2D eigenvalue weighted by atomic mass is 16.4. The maximum Gasteiger partial charge on any atom is 0.323 e. The molecule has 1 aliphatic rings. The van der Waals surface area contributed by atoms with Gasteiger partial charge >= 0.3 is 5.97 Å². The Morgan fingerprint density at radius 2 is 2.00 bits per heavy atom. The van der Waals surface area contributed by atoms with Gasteiger partial charge in [0.2, 0.25) is 11.8 Å². The summed E-state index contributed by atoms with van der Waals surface area (Å²) in [5, 5.41) is 11.9. The smallest absolute Gasteiger partial charge is 0.323 e. The van der Waals surface area contributed by atoms with Gasteiger partial charge in [-0.2, -0.15) is 0 Å². The molecule has 1 saturated heterocycles. The van der Waals surface area contributed by atoms with Crippen LogP contribution in [0.1, 0.15) is 46.5 Å². The number of likely N-dealkylation sites (tertiary alicyclic amines) is 1. The second-order valence-electron chi connectivity index (χ2n) is 6.26. The van der Waals surface area contributed by atoms with Crippen LogP contribution in [-0.4, -0.2) is 46.9 Å². The van der Waals surface area contributed by atoms with Gasteiger partial charge in [-0.15, -0.1) is 0 Å². The zero-order chi connectivity index (χ0) is 15.6. The SMILES string of the molecule is CNC(C)(CCCCN1C(=O)CC(C)(C)C1=O)C(=O)O. The van der Waals surface area contributed by atoms with E-state index in [4.69, 9.17) is 5.11 Å². The molecular formula is C14H24N2O4. The van der Waals surface area contributed by atoms with Crippen LogP contribution in [-0.2, 0) is 14.4 Å². The second kappa shape index (κ2) is 5.91. The summed E-state index contributed by atoms with van der Waals surface area (Å²) in [6.45, 7) is 5.55. The van der Waals surface area contributed by atoms with Gasteiger partial charge in [-0.25, -0.2) is 0 Å². The summed E-state index contributed by atoms with van der Waals surface area (Å²) in [7, 11) is 1.62. The largest absolute Gasteiger partial charge is 0.480 e. The molecule has 0 aromatic heterocycles. The third kappa shape index (κ3) is 3.36. The Bertz CT molecular complexity index is 419. The lowest BCUT2D eigenvalue weighted by Crippen LogP contribution is -2.47. The first-order valence-corrected chi connectivity index (χ1v) is 6.91.